The average molecular weight is 350 g/mol. The van der Waals surface area contributed by atoms with E-state index in [1.54, 1.807) is 30.3 Å². The highest BCUT2D eigenvalue weighted by Crippen LogP contribution is 2.22. The Balaban J connectivity index is 2.26. The molecule has 2 rings (SSSR count). The summed E-state index contributed by atoms with van der Waals surface area (Å²) in [5.74, 6) is -0.386. The number of benzene rings is 2. The monoisotopic (exact) mass is 349 g/mol. The van der Waals surface area contributed by atoms with Crippen molar-refractivity contribution in [3.05, 3.63) is 63.6 Å². The largest absolute Gasteiger partial charge is 0.411 e. The maximum absolute atomic E-state index is 12.4. The number of carbonyl (C=O) groups excluding carboxylic acids is 1. The normalized spacial score (nSPS) is 11.7. The molecule has 0 radical (unpaired) electrons. The second-order valence-corrected chi connectivity index (χ2v) is 5.58. The summed E-state index contributed by atoms with van der Waals surface area (Å²) in [6, 6.07) is 11.7. The number of anilines is 1. The number of nitrogens with one attached hydrogen (secondary N) is 1. The van der Waals surface area contributed by atoms with E-state index in [1.807, 2.05) is 19.1 Å². The zero-order valence-corrected chi connectivity index (χ0v) is 13.6. The lowest BCUT2D eigenvalue weighted by molar-refractivity contribution is 0.106. The summed E-state index contributed by atoms with van der Waals surface area (Å²) in [5.41, 5.74) is 4.57. The van der Waals surface area contributed by atoms with Gasteiger partial charge in [-0.2, -0.15) is 5.10 Å². The summed E-state index contributed by atoms with van der Waals surface area (Å²) in [4.78, 5) is 12.4. The lowest BCUT2D eigenvalue weighted by Gasteiger charge is -2.05. The van der Waals surface area contributed by atoms with E-state index >= 15 is 0 Å². The van der Waals surface area contributed by atoms with Crippen LogP contribution in [0.25, 0.3) is 0 Å². The first kappa shape index (κ1) is 17.0. The van der Waals surface area contributed by atoms with Crippen LogP contribution in [0.1, 0.15) is 15.9 Å². The first-order chi connectivity index (χ1) is 11.0. The number of hydrogen-bond acceptors (Lipinski definition) is 5. The third-order valence-electron chi connectivity index (χ3n) is 2.89. The molecule has 23 heavy (non-hydrogen) atoms. The molecule has 2 aromatic rings. The van der Waals surface area contributed by atoms with Crippen molar-refractivity contribution in [2.75, 3.05) is 5.43 Å². The number of ketones is 1. The number of hydrogen-bond donors (Lipinski definition) is 2. The summed E-state index contributed by atoms with van der Waals surface area (Å²) in [6.07, 6.45) is 0.960. The van der Waals surface area contributed by atoms with Crippen LogP contribution in [-0.4, -0.2) is 22.9 Å². The zero-order chi connectivity index (χ0) is 16.8. The molecule has 7 heteroatoms. The van der Waals surface area contributed by atoms with Gasteiger partial charge in [-0.1, -0.05) is 58.2 Å². The third-order valence-corrected chi connectivity index (χ3v) is 3.33. The predicted molar refractivity (Wildman–Crippen MR) is 93.3 cm³/mol. The second-order valence-electron chi connectivity index (χ2n) is 4.71. The topological polar surface area (TPSA) is 74.0 Å². The second kappa shape index (κ2) is 7.76. The maximum atomic E-state index is 12.4. The number of Topliss-reactive ketones (excluding diaryl/α,β-unsaturated/α-hetero) is 1. The summed E-state index contributed by atoms with van der Waals surface area (Å²) in [7, 11) is 0. The molecule has 0 atom stereocenters. The van der Waals surface area contributed by atoms with Crippen LogP contribution < -0.4 is 5.43 Å². The van der Waals surface area contributed by atoms with Gasteiger partial charge in [0, 0.05) is 15.6 Å². The van der Waals surface area contributed by atoms with E-state index in [4.69, 9.17) is 28.4 Å². The quantitative estimate of drug-likeness (QED) is 0.363. The van der Waals surface area contributed by atoms with Crippen LogP contribution in [0.2, 0.25) is 10.0 Å². The van der Waals surface area contributed by atoms with Crippen molar-refractivity contribution in [3.8, 4) is 0 Å². The van der Waals surface area contributed by atoms with Crippen LogP contribution in [0.3, 0.4) is 0 Å². The number of aryl methyl sites for hydroxylation is 1. The molecule has 0 bridgehead atoms. The van der Waals surface area contributed by atoms with Crippen molar-refractivity contribution in [2.45, 2.75) is 6.92 Å². The fraction of sp³-hybridized carbons (Fsp3) is 0.0625. The van der Waals surface area contributed by atoms with E-state index in [9.17, 15) is 4.79 Å². The van der Waals surface area contributed by atoms with Gasteiger partial charge in [-0.3, -0.25) is 10.2 Å². The van der Waals surface area contributed by atoms with Gasteiger partial charge in [0.2, 0.25) is 5.78 Å². The Morgan fingerprint density at radius 3 is 2.30 bits per heavy atom. The summed E-state index contributed by atoms with van der Waals surface area (Å²) in [6.45, 7) is 1.92. The van der Waals surface area contributed by atoms with Crippen molar-refractivity contribution >= 4 is 46.6 Å². The van der Waals surface area contributed by atoms with Gasteiger partial charge in [0.15, 0.2) is 5.71 Å². The van der Waals surface area contributed by atoms with Crippen LogP contribution in [0.15, 0.2) is 52.7 Å². The summed E-state index contributed by atoms with van der Waals surface area (Å²) in [5, 5.41) is 16.4. The molecule has 0 heterocycles. The maximum Gasteiger partial charge on any atom is 0.214 e. The predicted octanol–water partition coefficient (Wildman–Crippen LogP) is 4.41. The molecule has 118 valence electrons. The molecular weight excluding hydrogens is 337 g/mol. The van der Waals surface area contributed by atoms with Gasteiger partial charge in [0.1, 0.15) is 0 Å². The first-order valence-electron chi connectivity index (χ1n) is 6.58. The number of carbonyl (C=O) groups is 1. The van der Waals surface area contributed by atoms with Crippen LogP contribution >= 0.6 is 23.2 Å². The van der Waals surface area contributed by atoms with Gasteiger partial charge in [0.05, 0.1) is 11.9 Å². The third kappa shape index (κ3) is 4.81. The molecule has 0 unspecified atom stereocenters. The van der Waals surface area contributed by atoms with Crippen LogP contribution in [0.5, 0.6) is 0 Å². The van der Waals surface area contributed by atoms with Gasteiger partial charge in [0.25, 0.3) is 0 Å². The Hall–Kier alpha value is -2.37. The highest BCUT2D eigenvalue weighted by Gasteiger charge is 2.13. The van der Waals surface area contributed by atoms with Gasteiger partial charge >= 0.3 is 0 Å². The van der Waals surface area contributed by atoms with Crippen molar-refractivity contribution in [3.63, 3.8) is 0 Å². The molecule has 0 saturated heterocycles. The van der Waals surface area contributed by atoms with E-state index in [0.717, 1.165) is 11.8 Å². The minimum atomic E-state index is -0.386. The number of halogens is 2. The van der Waals surface area contributed by atoms with E-state index in [-0.39, 0.29) is 11.5 Å². The molecule has 0 saturated carbocycles. The smallest absolute Gasteiger partial charge is 0.214 e. The van der Waals surface area contributed by atoms with Crippen molar-refractivity contribution in [1.29, 1.82) is 0 Å². The lowest BCUT2D eigenvalue weighted by Crippen LogP contribution is -2.17. The first-order valence-corrected chi connectivity index (χ1v) is 7.34. The summed E-state index contributed by atoms with van der Waals surface area (Å²) < 4.78 is 0. The summed E-state index contributed by atoms with van der Waals surface area (Å²) >= 11 is 11.8. The number of hydrazone groups is 1. The van der Waals surface area contributed by atoms with Crippen LogP contribution in [-0.2, 0) is 0 Å². The zero-order valence-electron chi connectivity index (χ0n) is 12.1. The van der Waals surface area contributed by atoms with E-state index in [0.29, 0.717) is 21.3 Å². The van der Waals surface area contributed by atoms with E-state index in [1.165, 1.54) is 0 Å². The Kier molecular flexibility index (Phi) is 5.73. The molecule has 2 aromatic carbocycles. The highest BCUT2D eigenvalue weighted by atomic mass is 35.5. The number of nitrogens with zero attached hydrogens (tertiary/aromatic N) is 2. The van der Waals surface area contributed by atoms with Gasteiger partial charge < -0.3 is 5.21 Å². The highest BCUT2D eigenvalue weighted by molar-refractivity contribution is 6.64. The Morgan fingerprint density at radius 2 is 1.74 bits per heavy atom. The molecular formula is C16H13Cl2N3O2. The van der Waals surface area contributed by atoms with Crippen molar-refractivity contribution < 1.29 is 10.0 Å². The van der Waals surface area contributed by atoms with E-state index in [2.05, 4.69) is 15.7 Å². The Morgan fingerprint density at radius 1 is 1.13 bits per heavy atom. The fourth-order valence-electron chi connectivity index (χ4n) is 1.79. The molecule has 2 N–H and O–H groups in total. The molecule has 0 aliphatic rings. The average Bonchev–Trinajstić information content (AvgIpc) is 2.50. The standard InChI is InChI=1S/C16H13Cl2N3O2/c1-10-2-4-11(5-3-10)16(22)15(9-19-23)21-20-14-7-12(17)6-13(18)8-14/h2-9,20,23H,1H3. The molecule has 0 aliphatic carbocycles. The molecule has 0 amide bonds. The molecule has 0 spiro atoms. The Bertz CT molecular complexity index is 751. The molecule has 0 aliphatic heterocycles. The molecule has 0 aromatic heterocycles. The fourth-order valence-corrected chi connectivity index (χ4v) is 2.31. The molecule has 0 fully saturated rings. The van der Waals surface area contributed by atoms with Gasteiger partial charge in [-0.25, -0.2) is 0 Å². The SMILES string of the molecule is Cc1ccc(C(=O)C(C=NO)=NNc2cc(Cl)cc(Cl)c2)cc1. The van der Waals surface area contributed by atoms with Crippen molar-refractivity contribution in [2.24, 2.45) is 10.3 Å². The van der Waals surface area contributed by atoms with Crippen LogP contribution in [0.4, 0.5) is 5.69 Å². The lowest BCUT2D eigenvalue weighted by atomic mass is 10.1. The minimum absolute atomic E-state index is 0.0625. The Labute approximate surface area is 143 Å². The number of oxime groups is 1. The minimum Gasteiger partial charge on any atom is -0.411 e. The van der Waals surface area contributed by atoms with Gasteiger partial charge in [-0.05, 0) is 25.1 Å². The molecule has 5 nitrogen and oxygen atoms in total. The van der Waals surface area contributed by atoms with Crippen molar-refractivity contribution in [1.82, 2.24) is 0 Å². The van der Waals surface area contributed by atoms with E-state index < -0.39 is 0 Å². The number of rotatable bonds is 5. The van der Waals surface area contributed by atoms with Gasteiger partial charge in [-0.15, -0.1) is 0 Å². The van der Waals surface area contributed by atoms with Crippen LogP contribution in [0, 0.1) is 6.92 Å².